The van der Waals surface area contributed by atoms with Crippen LogP contribution in [0.1, 0.15) is 34.0 Å². The number of anilines is 1. The largest absolute Gasteiger partial charge is 0.320 e. The number of thiophene rings is 1. The average molecular weight is 401 g/mol. The van der Waals surface area contributed by atoms with Gasteiger partial charge in [0.2, 0.25) is 10.0 Å². The van der Waals surface area contributed by atoms with Gasteiger partial charge in [-0.1, -0.05) is 25.4 Å². The molecule has 0 aliphatic rings. The first-order valence-corrected chi connectivity index (χ1v) is 10.5. The molecule has 0 radical (unpaired) electrons. The van der Waals surface area contributed by atoms with Gasteiger partial charge in [0.15, 0.2) is 0 Å². The number of hydrogen-bond acceptors (Lipinski definition) is 4. The maximum atomic E-state index is 12.6. The molecule has 1 aromatic heterocycles. The Bertz CT molecular complexity index is 868. The lowest BCUT2D eigenvalue weighted by atomic mass is 10.2. The van der Waals surface area contributed by atoms with Gasteiger partial charge in [-0.3, -0.25) is 4.79 Å². The van der Waals surface area contributed by atoms with Gasteiger partial charge in [0.1, 0.15) is 0 Å². The summed E-state index contributed by atoms with van der Waals surface area (Å²) in [4.78, 5) is 14.1. The van der Waals surface area contributed by atoms with Crippen LogP contribution in [0, 0.1) is 13.8 Å². The summed E-state index contributed by atoms with van der Waals surface area (Å²) in [5, 5.41) is 3.00. The number of carbonyl (C=O) groups is 1. The quantitative estimate of drug-likeness (QED) is 0.785. The van der Waals surface area contributed by atoms with Crippen molar-refractivity contribution in [2.75, 3.05) is 18.4 Å². The van der Waals surface area contributed by atoms with E-state index >= 15 is 0 Å². The van der Waals surface area contributed by atoms with Crippen molar-refractivity contribution in [3.8, 4) is 0 Å². The Morgan fingerprint density at radius 3 is 2.36 bits per heavy atom. The highest BCUT2D eigenvalue weighted by molar-refractivity contribution is 7.89. The molecule has 0 aliphatic carbocycles. The minimum Gasteiger partial charge on any atom is -0.320 e. The second-order valence-electron chi connectivity index (χ2n) is 5.53. The van der Waals surface area contributed by atoms with Crippen molar-refractivity contribution in [3.05, 3.63) is 44.6 Å². The molecule has 1 N–H and O–H groups in total. The van der Waals surface area contributed by atoms with E-state index in [-0.39, 0.29) is 21.5 Å². The zero-order chi connectivity index (χ0) is 18.8. The molecule has 1 heterocycles. The summed E-state index contributed by atoms with van der Waals surface area (Å²) >= 11 is 7.53. The standard InChI is InChI=1S/C17H21ClN2O3S2/c1-5-20(6-2)25(22,23)13-7-8-14(18)15(10-13)19-17(21)16-9-11(3)12(4)24-16/h7-10H,5-6H2,1-4H3,(H,19,21). The topological polar surface area (TPSA) is 66.5 Å². The summed E-state index contributed by atoms with van der Waals surface area (Å²) in [7, 11) is -3.62. The van der Waals surface area contributed by atoms with Crippen molar-refractivity contribution in [3.63, 3.8) is 0 Å². The van der Waals surface area contributed by atoms with E-state index in [0.717, 1.165) is 10.4 Å². The highest BCUT2D eigenvalue weighted by Crippen LogP contribution is 2.28. The second-order valence-corrected chi connectivity index (χ2v) is 9.14. The fourth-order valence-corrected chi connectivity index (χ4v) is 4.92. The van der Waals surface area contributed by atoms with E-state index in [0.29, 0.717) is 18.0 Å². The lowest BCUT2D eigenvalue weighted by Gasteiger charge is -2.19. The van der Waals surface area contributed by atoms with Gasteiger partial charge < -0.3 is 5.32 Å². The predicted octanol–water partition coefficient (Wildman–Crippen LogP) is 4.30. The van der Waals surface area contributed by atoms with Crippen molar-refractivity contribution in [2.24, 2.45) is 0 Å². The highest BCUT2D eigenvalue weighted by atomic mass is 35.5. The molecule has 2 rings (SSSR count). The molecule has 0 aliphatic heterocycles. The molecule has 1 amide bonds. The number of carbonyl (C=O) groups excluding carboxylic acids is 1. The number of sulfonamides is 1. The monoisotopic (exact) mass is 400 g/mol. The third-order valence-corrected chi connectivity index (χ3v) is 7.45. The lowest BCUT2D eigenvalue weighted by Crippen LogP contribution is -2.30. The summed E-state index contributed by atoms with van der Waals surface area (Å²) in [5.41, 5.74) is 1.32. The summed E-state index contributed by atoms with van der Waals surface area (Å²) in [6.45, 7) is 8.18. The number of nitrogens with one attached hydrogen (secondary N) is 1. The number of amides is 1. The van der Waals surface area contributed by atoms with Crippen LogP contribution in [0.25, 0.3) is 0 Å². The van der Waals surface area contributed by atoms with Crippen LogP contribution in [0.4, 0.5) is 5.69 Å². The maximum Gasteiger partial charge on any atom is 0.265 e. The molecular weight excluding hydrogens is 380 g/mol. The molecule has 1 aromatic carbocycles. The molecule has 25 heavy (non-hydrogen) atoms. The summed E-state index contributed by atoms with van der Waals surface area (Å²) in [6.07, 6.45) is 0. The van der Waals surface area contributed by atoms with Crippen LogP contribution in [-0.2, 0) is 10.0 Å². The first-order valence-electron chi connectivity index (χ1n) is 7.88. The van der Waals surface area contributed by atoms with Gasteiger partial charge in [-0.15, -0.1) is 11.3 Å². The van der Waals surface area contributed by atoms with Crippen LogP contribution >= 0.6 is 22.9 Å². The fraction of sp³-hybridized carbons (Fsp3) is 0.353. The number of benzene rings is 1. The third-order valence-electron chi connectivity index (χ3n) is 3.92. The molecule has 0 saturated carbocycles. The Labute approximate surface area is 157 Å². The van der Waals surface area contributed by atoms with E-state index in [1.165, 1.54) is 33.8 Å². The second kappa shape index (κ2) is 7.86. The molecular formula is C17H21ClN2O3S2. The molecule has 0 bridgehead atoms. The maximum absolute atomic E-state index is 12.6. The number of nitrogens with zero attached hydrogens (tertiary/aromatic N) is 1. The summed E-state index contributed by atoms with van der Waals surface area (Å²) < 4.78 is 26.6. The van der Waals surface area contributed by atoms with Crippen LogP contribution in [0.15, 0.2) is 29.2 Å². The van der Waals surface area contributed by atoms with Crippen LogP contribution in [0.2, 0.25) is 5.02 Å². The van der Waals surface area contributed by atoms with Crippen LogP contribution in [-0.4, -0.2) is 31.7 Å². The Morgan fingerprint density at radius 2 is 1.84 bits per heavy atom. The van der Waals surface area contributed by atoms with Crippen molar-refractivity contribution in [1.29, 1.82) is 0 Å². The fourth-order valence-electron chi connectivity index (χ4n) is 2.34. The minimum atomic E-state index is -3.62. The Kier molecular flexibility index (Phi) is 6.26. The van der Waals surface area contributed by atoms with Gasteiger partial charge in [0.05, 0.1) is 20.5 Å². The average Bonchev–Trinajstić information content (AvgIpc) is 2.89. The molecule has 0 spiro atoms. The molecule has 2 aromatic rings. The zero-order valence-electron chi connectivity index (χ0n) is 14.6. The first-order chi connectivity index (χ1) is 11.7. The molecule has 0 atom stereocenters. The van der Waals surface area contributed by atoms with E-state index in [1.807, 2.05) is 13.8 Å². The number of rotatable bonds is 6. The van der Waals surface area contributed by atoms with Gasteiger partial charge >= 0.3 is 0 Å². The molecule has 0 unspecified atom stereocenters. The molecule has 0 fully saturated rings. The number of hydrogen-bond donors (Lipinski definition) is 1. The van der Waals surface area contributed by atoms with Crippen molar-refractivity contribution >= 4 is 44.6 Å². The first kappa shape index (κ1) is 19.9. The smallest absolute Gasteiger partial charge is 0.265 e. The zero-order valence-corrected chi connectivity index (χ0v) is 17.0. The minimum absolute atomic E-state index is 0.106. The van der Waals surface area contributed by atoms with E-state index in [2.05, 4.69) is 5.32 Å². The Hall–Kier alpha value is -1.41. The predicted molar refractivity (Wildman–Crippen MR) is 103 cm³/mol. The molecule has 136 valence electrons. The normalized spacial score (nSPS) is 11.8. The van der Waals surface area contributed by atoms with Crippen LogP contribution < -0.4 is 5.32 Å². The van der Waals surface area contributed by atoms with E-state index in [9.17, 15) is 13.2 Å². The summed E-state index contributed by atoms with van der Waals surface area (Å²) in [5.74, 6) is -0.305. The van der Waals surface area contributed by atoms with Crippen molar-refractivity contribution in [1.82, 2.24) is 4.31 Å². The molecule has 0 saturated heterocycles. The molecule has 8 heteroatoms. The van der Waals surface area contributed by atoms with E-state index in [4.69, 9.17) is 11.6 Å². The number of aryl methyl sites for hydroxylation is 2. The SMILES string of the molecule is CCN(CC)S(=O)(=O)c1ccc(Cl)c(NC(=O)c2cc(C)c(C)s2)c1. The van der Waals surface area contributed by atoms with Crippen LogP contribution in [0.3, 0.4) is 0 Å². The van der Waals surface area contributed by atoms with E-state index < -0.39 is 10.0 Å². The Balaban J connectivity index is 2.35. The van der Waals surface area contributed by atoms with Crippen molar-refractivity contribution in [2.45, 2.75) is 32.6 Å². The van der Waals surface area contributed by atoms with Gasteiger partial charge in [-0.2, -0.15) is 4.31 Å². The summed E-state index contributed by atoms with van der Waals surface area (Å²) in [6, 6.07) is 6.14. The van der Waals surface area contributed by atoms with E-state index in [1.54, 1.807) is 19.9 Å². The van der Waals surface area contributed by atoms with Crippen LogP contribution in [0.5, 0.6) is 0 Å². The lowest BCUT2D eigenvalue weighted by molar-refractivity contribution is 0.103. The van der Waals surface area contributed by atoms with Gasteiger partial charge in [-0.25, -0.2) is 8.42 Å². The van der Waals surface area contributed by atoms with Crippen molar-refractivity contribution < 1.29 is 13.2 Å². The number of halogens is 1. The van der Waals surface area contributed by atoms with Gasteiger partial charge in [-0.05, 0) is 43.7 Å². The molecule has 5 nitrogen and oxygen atoms in total. The highest BCUT2D eigenvalue weighted by Gasteiger charge is 2.23. The van der Waals surface area contributed by atoms with Gasteiger partial charge in [0.25, 0.3) is 5.91 Å². The third kappa shape index (κ3) is 4.23. The Morgan fingerprint density at radius 1 is 1.20 bits per heavy atom. The van der Waals surface area contributed by atoms with Gasteiger partial charge in [0, 0.05) is 18.0 Å².